The number of aromatic nitrogens is 3. The van der Waals surface area contributed by atoms with Gasteiger partial charge in [-0.15, -0.1) is 0 Å². The molecule has 3 heterocycles. The quantitative estimate of drug-likeness (QED) is 0.493. The largest absolute Gasteiger partial charge is 0.339 e. The maximum atomic E-state index is 12.2. The molecule has 0 saturated carbocycles. The number of aryl methyl sites for hydroxylation is 2. The number of nitrogens with zero attached hydrogens (tertiary/aromatic N) is 3. The fourth-order valence-electron chi connectivity index (χ4n) is 2.67. The predicted octanol–water partition coefficient (Wildman–Crippen LogP) is 4.59. The Morgan fingerprint density at radius 2 is 1.96 bits per heavy atom. The van der Waals surface area contributed by atoms with Crippen molar-refractivity contribution in [3.63, 3.8) is 0 Å². The molecule has 0 bridgehead atoms. The van der Waals surface area contributed by atoms with Crippen LogP contribution in [0.3, 0.4) is 0 Å². The molecule has 0 fully saturated rings. The Balaban J connectivity index is 1.32. The van der Waals surface area contributed by atoms with Gasteiger partial charge in [0.1, 0.15) is 5.69 Å². The lowest BCUT2D eigenvalue weighted by Gasteiger charge is -1.98. The second-order valence-electron chi connectivity index (χ2n) is 6.20. The fourth-order valence-corrected chi connectivity index (χ4v) is 3.30. The van der Waals surface area contributed by atoms with E-state index in [4.69, 9.17) is 9.05 Å². The molecule has 0 saturated heterocycles. The highest BCUT2D eigenvalue weighted by molar-refractivity contribution is 7.08. The summed E-state index contributed by atoms with van der Waals surface area (Å²) < 4.78 is 10.4. The molecule has 0 spiro atoms. The Morgan fingerprint density at radius 3 is 2.71 bits per heavy atom. The molecule has 4 rings (SSSR count). The Hall–Kier alpha value is -3.26. The minimum absolute atomic E-state index is 0.201. The van der Waals surface area contributed by atoms with Crippen LogP contribution in [0.1, 0.15) is 24.8 Å². The molecule has 28 heavy (non-hydrogen) atoms. The number of amides is 1. The van der Waals surface area contributed by atoms with Crippen molar-refractivity contribution in [3.05, 3.63) is 58.6 Å². The summed E-state index contributed by atoms with van der Waals surface area (Å²) >= 11 is 1.56. The Bertz CT molecular complexity index is 1050. The van der Waals surface area contributed by atoms with E-state index < -0.39 is 0 Å². The summed E-state index contributed by atoms with van der Waals surface area (Å²) in [5.41, 5.74) is 3.78. The molecule has 1 aromatic carbocycles. The van der Waals surface area contributed by atoms with Crippen LogP contribution in [-0.2, 0) is 17.6 Å². The first-order valence-electron chi connectivity index (χ1n) is 8.92. The number of carbonyl (C=O) groups is 1. The zero-order valence-corrected chi connectivity index (χ0v) is 16.0. The maximum absolute atomic E-state index is 12.2. The van der Waals surface area contributed by atoms with Crippen molar-refractivity contribution in [2.24, 2.45) is 0 Å². The first kappa shape index (κ1) is 18.1. The highest BCUT2D eigenvalue weighted by atomic mass is 32.1. The van der Waals surface area contributed by atoms with Crippen LogP contribution in [0.5, 0.6) is 0 Å². The standard InChI is InChI=1S/C20H18N4O3S/c1-2-13-3-5-14(6-4-13)16-11-19(27-23-16)21-17(25)7-8-18-22-20(24-26-18)15-9-10-28-12-15/h3-6,9-12H,2,7-8H2,1H3,(H,21,25). The molecule has 0 radical (unpaired) electrons. The lowest BCUT2D eigenvalue weighted by molar-refractivity contribution is -0.116. The first-order chi connectivity index (χ1) is 13.7. The maximum Gasteiger partial charge on any atom is 0.231 e. The van der Waals surface area contributed by atoms with E-state index in [-0.39, 0.29) is 12.3 Å². The monoisotopic (exact) mass is 394 g/mol. The number of anilines is 1. The summed E-state index contributed by atoms with van der Waals surface area (Å²) in [6.45, 7) is 2.11. The molecule has 1 N–H and O–H groups in total. The van der Waals surface area contributed by atoms with E-state index in [1.165, 1.54) is 5.56 Å². The minimum Gasteiger partial charge on any atom is -0.339 e. The van der Waals surface area contributed by atoms with Crippen molar-refractivity contribution in [3.8, 4) is 22.6 Å². The van der Waals surface area contributed by atoms with Gasteiger partial charge in [0.25, 0.3) is 0 Å². The molecular formula is C20H18N4O3S. The molecule has 0 aliphatic carbocycles. The highest BCUT2D eigenvalue weighted by Gasteiger charge is 2.13. The number of nitrogens with one attached hydrogen (secondary N) is 1. The van der Waals surface area contributed by atoms with Crippen LogP contribution < -0.4 is 5.32 Å². The Morgan fingerprint density at radius 1 is 1.11 bits per heavy atom. The van der Waals surface area contributed by atoms with E-state index in [0.29, 0.717) is 29.7 Å². The number of rotatable bonds is 7. The number of benzene rings is 1. The van der Waals surface area contributed by atoms with Gasteiger partial charge < -0.3 is 9.05 Å². The van der Waals surface area contributed by atoms with Crippen molar-refractivity contribution in [1.82, 2.24) is 15.3 Å². The number of thiophene rings is 1. The SMILES string of the molecule is CCc1ccc(-c2cc(NC(=O)CCc3nc(-c4ccsc4)no3)on2)cc1. The van der Waals surface area contributed by atoms with Crippen molar-refractivity contribution in [1.29, 1.82) is 0 Å². The van der Waals surface area contributed by atoms with Gasteiger partial charge >= 0.3 is 0 Å². The van der Waals surface area contributed by atoms with Gasteiger partial charge in [-0.1, -0.05) is 41.5 Å². The van der Waals surface area contributed by atoms with E-state index in [9.17, 15) is 4.79 Å². The zero-order chi connectivity index (χ0) is 19.3. The van der Waals surface area contributed by atoms with E-state index in [1.54, 1.807) is 17.4 Å². The van der Waals surface area contributed by atoms with Gasteiger partial charge in [0.15, 0.2) is 0 Å². The molecule has 0 unspecified atom stereocenters. The lowest BCUT2D eigenvalue weighted by atomic mass is 10.1. The van der Waals surface area contributed by atoms with E-state index in [2.05, 4.69) is 39.7 Å². The molecule has 3 aromatic heterocycles. The second-order valence-corrected chi connectivity index (χ2v) is 6.98. The van der Waals surface area contributed by atoms with Crippen LogP contribution in [0.15, 0.2) is 56.2 Å². The van der Waals surface area contributed by atoms with Crippen LogP contribution >= 0.6 is 11.3 Å². The van der Waals surface area contributed by atoms with Crippen molar-refractivity contribution >= 4 is 23.1 Å². The highest BCUT2D eigenvalue weighted by Crippen LogP contribution is 2.23. The molecule has 7 nitrogen and oxygen atoms in total. The van der Waals surface area contributed by atoms with Gasteiger partial charge in [-0.25, -0.2) is 0 Å². The lowest BCUT2D eigenvalue weighted by Crippen LogP contribution is -2.11. The first-order valence-corrected chi connectivity index (χ1v) is 9.86. The summed E-state index contributed by atoms with van der Waals surface area (Å²) in [5.74, 6) is 1.06. The third-order valence-corrected chi connectivity index (χ3v) is 4.93. The molecule has 0 aliphatic heterocycles. The summed E-state index contributed by atoms with van der Waals surface area (Å²) in [6.07, 6.45) is 1.53. The average molecular weight is 394 g/mol. The van der Waals surface area contributed by atoms with Gasteiger partial charge in [-0.2, -0.15) is 16.3 Å². The summed E-state index contributed by atoms with van der Waals surface area (Å²) in [7, 11) is 0. The number of carbonyl (C=O) groups excluding carboxylic acids is 1. The minimum atomic E-state index is -0.209. The number of hydrogen-bond acceptors (Lipinski definition) is 7. The Labute approximate surface area is 165 Å². The van der Waals surface area contributed by atoms with Gasteiger partial charge in [0.2, 0.25) is 23.5 Å². The molecule has 0 aliphatic rings. The van der Waals surface area contributed by atoms with Crippen molar-refractivity contribution in [2.45, 2.75) is 26.2 Å². The smallest absolute Gasteiger partial charge is 0.231 e. The van der Waals surface area contributed by atoms with Crippen LogP contribution in [0.4, 0.5) is 5.88 Å². The summed E-state index contributed by atoms with van der Waals surface area (Å²) in [6, 6.07) is 11.7. The zero-order valence-electron chi connectivity index (χ0n) is 15.2. The van der Waals surface area contributed by atoms with Crippen molar-refractivity contribution in [2.75, 3.05) is 5.32 Å². The fraction of sp³-hybridized carbons (Fsp3) is 0.200. The normalized spacial score (nSPS) is 10.9. The van der Waals surface area contributed by atoms with Gasteiger partial charge in [0.05, 0.1) is 0 Å². The Kier molecular flexibility index (Phi) is 5.29. The van der Waals surface area contributed by atoms with E-state index in [1.807, 2.05) is 29.0 Å². The third-order valence-electron chi connectivity index (χ3n) is 4.24. The van der Waals surface area contributed by atoms with Crippen LogP contribution in [0.2, 0.25) is 0 Å². The predicted molar refractivity (Wildman–Crippen MR) is 106 cm³/mol. The van der Waals surface area contributed by atoms with E-state index in [0.717, 1.165) is 17.5 Å². The van der Waals surface area contributed by atoms with Crippen molar-refractivity contribution < 1.29 is 13.8 Å². The van der Waals surface area contributed by atoms with Gasteiger partial charge in [0, 0.05) is 35.4 Å². The van der Waals surface area contributed by atoms with Crippen LogP contribution in [0, 0.1) is 0 Å². The summed E-state index contributed by atoms with van der Waals surface area (Å²) in [4.78, 5) is 16.5. The molecule has 4 aromatic rings. The van der Waals surface area contributed by atoms with Gasteiger partial charge in [-0.3, -0.25) is 10.1 Å². The summed E-state index contributed by atoms with van der Waals surface area (Å²) in [5, 5.41) is 14.5. The number of hydrogen-bond donors (Lipinski definition) is 1. The molecular weight excluding hydrogens is 376 g/mol. The second kappa shape index (κ2) is 8.18. The molecule has 1 amide bonds. The third kappa shape index (κ3) is 4.17. The molecule has 142 valence electrons. The van der Waals surface area contributed by atoms with Gasteiger partial charge in [-0.05, 0) is 23.4 Å². The van der Waals surface area contributed by atoms with Crippen LogP contribution in [0.25, 0.3) is 22.6 Å². The molecule has 8 heteroatoms. The van der Waals surface area contributed by atoms with Crippen LogP contribution in [-0.4, -0.2) is 21.2 Å². The van der Waals surface area contributed by atoms with E-state index >= 15 is 0 Å². The average Bonchev–Trinajstić information content (AvgIpc) is 3.47. The topological polar surface area (TPSA) is 94.1 Å². The molecule has 0 atom stereocenters.